The van der Waals surface area contributed by atoms with Crippen LogP contribution in [0.25, 0.3) is 0 Å². The van der Waals surface area contributed by atoms with Crippen molar-refractivity contribution in [2.45, 2.75) is 13.8 Å². The third-order valence-corrected chi connectivity index (χ3v) is 4.43. The summed E-state index contributed by atoms with van der Waals surface area (Å²) in [5.41, 5.74) is 8.92. The summed E-state index contributed by atoms with van der Waals surface area (Å²) >= 11 is 5.39. The van der Waals surface area contributed by atoms with E-state index in [0.717, 1.165) is 16.8 Å². The number of anilines is 1. The van der Waals surface area contributed by atoms with Gasteiger partial charge in [0.05, 0.1) is 0 Å². The average Bonchev–Trinajstić information content (AvgIpc) is 2.59. The van der Waals surface area contributed by atoms with Crippen molar-refractivity contribution < 1.29 is 27.2 Å². The molecule has 1 rings (SSSR count). The minimum atomic E-state index is -4.33. The van der Waals surface area contributed by atoms with Crippen LogP contribution in [0.5, 0.6) is 0 Å². The summed E-state index contributed by atoms with van der Waals surface area (Å²) < 4.78 is 32.5. The number of rotatable bonds is 8. The number of nitrogen functional groups attached to an aromatic ring is 1. The van der Waals surface area contributed by atoms with Crippen molar-refractivity contribution in [2.75, 3.05) is 38.1 Å². The molecule has 0 radical (unpaired) electrons. The fourth-order valence-corrected chi connectivity index (χ4v) is 2.78. The van der Waals surface area contributed by atoms with Crippen LogP contribution in [-0.2, 0) is 24.0 Å². The molecule has 0 aliphatic rings. The van der Waals surface area contributed by atoms with Crippen LogP contribution in [0, 0.1) is 26.2 Å². The first-order valence-electron chi connectivity index (χ1n) is 7.41. The highest BCUT2D eigenvalue weighted by atomic mass is 35.5. The SMILES string of the molecule is C#CCOCN(CCCl)S(=O)(=O)OC(=O)CO.Cc1cccc(C)c1N. The van der Waals surface area contributed by atoms with E-state index in [9.17, 15) is 13.2 Å². The van der Waals surface area contributed by atoms with Gasteiger partial charge in [-0.05, 0) is 25.0 Å². The van der Waals surface area contributed by atoms with Gasteiger partial charge in [0.1, 0.15) is 19.9 Å². The molecule has 10 heteroatoms. The number of halogens is 1. The number of hydrogen-bond donors (Lipinski definition) is 2. The summed E-state index contributed by atoms with van der Waals surface area (Å²) in [6, 6.07) is 6.05. The molecule has 8 nitrogen and oxygen atoms in total. The molecule has 0 amide bonds. The molecule has 26 heavy (non-hydrogen) atoms. The number of carbonyl (C=O) groups excluding carboxylic acids is 1. The molecule has 0 unspecified atom stereocenters. The Bertz CT molecular complexity index is 698. The maximum Gasteiger partial charge on any atom is 0.389 e. The Labute approximate surface area is 159 Å². The zero-order valence-electron chi connectivity index (χ0n) is 14.6. The molecule has 1 aromatic carbocycles. The Balaban J connectivity index is 0.000000577. The Morgan fingerprint density at radius 2 is 1.96 bits per heavy atom. The molecule has 3 N–H and O–H groups in total. The van der Waals surface area contributed by atoms with Gasteiger partial charge in [-0.1, -0.05) is 24.1 Å². The fourth-order valence-electron chi connectivity index (χ4n) is 1.57. The van der Waals surface area contributed by atoms with Gasteiger partial charge in [-0.25, -0.2) is 4.79 Å². The molecule has 0 aliphatic carbocycles. The lowest BCUT2D eigenvalue weighted by Gasteiger charge is -2.18. The van der Waals surface area contributed by atoms with Gasteiger partial charge in [0.15, 0.2) is 0 Å². The second kappa shape index (κ2) is 12.5. The van der Waals surface area contributed by atoms with Crippen LogP contribution in [0.15, 0.2) is 18.2 Å². The first-order chi connectivity index (χ1) is 12.2. The second-order valence-electron chi connectivity index (χ2n) is 4.92. The monoisotopic (exact) mass is 406 g/mol. The Morgan fingerprint density at radius 3 is 2.38 bits per heavy atom. The number of hydrogen-bond acceptors (Lipinski definition) is 7. The minimum absolute atomic E-state index is 0.0185. The van der Waals surface area contributed by atoms with E-state index in [2.05, 4.69) is 10.1 Å². The summed E-state index contributed by atoms with van der Waals surface area (Å²) in [7, 11) is -4.33. The van der Waals surface area contributed by atoms with Gasteiger partial charge >= 0.3 is 16.3 Å². The molecule has 0 bridgehead atoms. The van der Waals surface area contributed by atoms with E-state index in [0.29, 0.717) is 4.31 Å². The largest absolute Gasteiger partial charge is 0.398 e. The van der Waals surface area contributed by atoms with Gasteiger partial charge < -0.3 is 19.8 Å². The lowest BCUT2D eigenvalue weighted by molar-refractivity contribution is -0.137. The van der Waals surface area contributed by atoms with E-state index in [1.807, 2.05) is 32.0 Å². The topological polar surface area (TPSA) is 119 Å². The molecule has 0 atom stereocenters. The first kappa shape index (κ1) is 24.2. The molecule has 0 fully saturated rings. The molecule has 0 heterocycles. The van der Waals surface area contributed by atoms with Gasteiger partial charge in [-0.3, -0.25) is 0 Å². The number of benzene rings is 1. The predicted octanol–water partition coefficient (Wildman–Crippen LogP) is 0.800. The summed E-state index contributed by atoms with van der Waals surface area (Å²) in [6.45, 7) is 2.39. The molecule has 0 saturated heterocycles. The molecule has 0 aliphatic heterocycles. The van der Waals surface area contributed by atoms with Gasteiger partial charge in [-0.15, -0.1) is 22.3 Å². The quantitative estimate of drug-likeness (QED) is 0.215. The number of aryl methyl sites for hydroxylation is 2. The number of aliphatic hydroxyl groups excluding tert-OH is 1. The Hall–Kier alpha value is -1.83. The summed E-state index contributed by atoms with van der Waals surface area (Å²) in [5, 5.41) is 8.38. The van der Waals surface area contributed by atoms with Crippen LogP contribution in [0.2, 0.25) is 0 Å². The fraction of sp³-hybridized carbons (Fsp3) is 0.438. The highest BCUT2D eigenvalue weighted by molar-refractivity contribution is 7.84. The van der Waals surface area contributed by atoms with Crippen molar-refractivity contribution in [3.63, 3.8) is 0 Å². The van der Waals surface area contributed by atoms with Crippen molar-refractivity contribution in [3.8, 4) is 12.3 Å². The van der Waals surface area contributed by atoms with Crippen molar-refractivity contribution in [2.24, 2.45) is 0 Å². The normalized spacial score (nSPS) is 10.6. The van der Waals surface area contributed by atoms with Crippen LogP contribution >= 0.6 is 11.6 Å². The molecule has 0 aromatic heterocycles. The Kier molecular flexibility index (Phi) is 11.6. The second-order valence-corrected chi connectivity index (χ2v) is 6.84. The summed E-state index contributed by atoms with van der Waals surface area (Å²) in [5.74, 6) is 0.835. The molecular weight excluding hydrogens is 384 g/mol. The number of alkyl halides is 1. The lowest BCUT2D eigenvalue weighted by Crippen LogP contribution is -2.37. The van der Waals surface area contributed by atoms with Crippen LogP contribution in [-0.4, -0.2) is 56.2 Å². The van der Waals surface area contributed by atoms with Gasteiger partial charge in [-0.2, -0.15) is 8.42 Å². The standard InChI is InChI=1S/C8H12ClNO6S.C8H11N/c1-2-5-15-7-10(4-3-9)17(13,14)16-8(12)6-11;1-6-4-3-5-7(2)8(6)9/h1,11H,3-7H2;3-5H,9H2,1-2H3. The number of carbonyl (C=O) groups is 1. The molecule has 0 spiro atoms. The maximum atomic E-state index is 11.5. The Morgan fingerprint density at radius 1 is 1.38 bits per heavy atom. The van der Waals surface area contributed by atoms with E-state index in [1.165, 1.54) is 0 Å². The zero-order valence-corrected chi connectivity index (χ0v) is 16.2. The smallest absolute Gasteiger partial charge is 0.389 e. The van der Waals surface area contributed by atoms with E-state index >= 15 is 0 Å². The number of terminal acetylenes is 1. The predicted molar refractivity (Wildman–Crippen MR) is 99.5 cm³/mol. The van der Waals surface area contributed by atoms with E-state index in [-0.39, 0.29) is 19.0 Å². The molecule has 146 valence electrons. The van der Waals surface area contributed by atoms with Crippen LogP contribution in [0.4, 0.5) is 5.69 Å². The van der Waals surface area contributed by atoms with E-state index < -0.39 is 29.6 Å². The third-order valence-electron chi connectivity index (χ3n) is 2.94. The highest BCUT2D eigenvalue weighted by Gasteiger charge is 2.26. The van der Waals surface area contributed by atoms with Gasteiger partial charge in [0, 0.05) is 18.1 Å². The van der Waals surface area contributed by atoms with E-state index in [1.54, 1.807) is 0 Å². The number of para-hydroxylation sites is 1. The van der Waals surface area contributed by atoms with Crippen molar-refractivity contribution in [3.05, 3.63) is 29.3 Å². The zero-order chi connectivity index (χ0) is 20.2. The minimum Gasteiger partial charge on any atom is -0.398 e. The van der Waals surface area contributed by atoms with Crippen molar-refractivity contribution in [1.82, 2.24) is 4.31 Å². The maximum absolute atomic E-state index is 11.5. The summed E-state index contributed by atoms with van der Waals surface area (Å²) in [6.07, 6.45) is 4.91. The first-order valence-corrected chi connectivity index (χ1v) is 9.31. The highest BCUT2D eigenvalue weighted by Crippen LogP contribution is 2.13. The van der Waals surface area contributed by atoms with Crippen LogP contribution in [0.3, 0.4) is 0 Å². The van der Waals surface area contributed by atoms with Crippen molar-refractivity contribution >= 4 is 33.6 Å². The van der Waals surface area contributed by atoms with E-state index in [4.69, 9.17) is 33.6 Å². The van der Waals surface area contributed by atoms with Gasteiger partial charge in [0.25, 0.3) is 0 Å². The van der Waals surface area contributed by atoms with Crippen molar-refractivity contribution in [1.29, 1.82) is 0 Å². The van der Waals surface area contributed by atoms with Crippen LogP contribution in [0.1, 0.15) is 11.1 Å². The average molecular weight is 407 g/mol. The third kappa shape index (κ3) is 9.03. The van der Waals surface area contributed by atoms with Gasteiger partial charge in [0.2, 0.25) is 0 Å². The number of nitrogens with zero attached hydrogens (tertiary/aromatic N) is 1. The lowest BCUT2D eigenvalue weighted by atomic mass is 10.1. The molecular formula is C16H23ClN2O6S. The number of ether oxygens (including phenoxy) is 1. The van der Waals surface area contributed by atoms with Crippen LogP contribution < -0.4 is 5.73 Å². The molecule has 0 saturated carbocycles. The molecule has 1 aromatic rings. The summed E-state index contributed by atoms with van der Waals surface area (Å²) in [4.78, 5) is 10.7. The number of aliphatic hydroxyl groups is 1. The number of nitrogens with two attached hydrogens (primary N) is 1.